The molecular weight excluding hydrogens is 324 g/mol. The molecular formula is C15H16BrClN2. The second-order valence-electron chi connectivity index (χ2n) is 4.33. The van der Waals surface area contributed by atoms with Gasteiger partial charge in [-0.15, -0.1) is 0 Å². The van der Waals surface area contributed by atoms with Gasteiger partial charge < -0.3 is 5.32 Å². The number of likely N-dealkylation sites (N-methyl/N-ethyl adjacent to an activating group) is 1. The SMILES string of the molecule is CCNC(Cc1ccncc1Cl)c1ccc(Br)cc1. The number of pyridine rings is 1. The van der Waals surface area contributed by atoms with Crippen LogP contribution in [0.4, 0.5) is 0 Å². The van der Waals surface area contributed by atoms with Gasteiger partial charge in [-0.25, -0.2) is 0 Å². The lowest BCUT2D eigenvalue weighted by molar-refractivity contribution is 0.549. The number of hydrogen-bond donors (Lipinski definition) is 1. The highest BCUT2D eigenvalue weighted by atomic mass is 79.9. The van der Waals surface area contributed by atoms with Crippen LogP contribution in [0.2, 0.25) is 5.02 Å². The zero-order valence-electron chi connectivity index (χ0n) is 10.7. The Morgan fingerprint density at radius 3 is 2.63 bits per heavy atom. The lowest BCUT2D eigenvalue weighted by Gasteiger charge is -2.19. The number of nitrogens with one attached hydrogen (secondary N) is 1. The summed E-state index contributed by atoms with van der Waals surface area (Å²) in [5.74, 6) is 0. The highest BCUT2D eigenvalue weighted by Crippen LogP contribution is 2.24. The largest absolute Gasteiger partial charge is 0.310 e. The maximum absolute atomic E-state index is 6.18. The molecule has 0 saturated heterocycles. The third-order valence-corrected chi connectivity index (χ3v) is 3.87. The molecule has 2 aromatic rings. The third kappa shape index (κ3) is 4.03. The zero-order chi connectivity index (χ0) is 13.7. The van der Waals surface area contributed by atoms with Crippen molar-refractivity contribution in [3.63, 3.8) is 0 Å². The van der Waals surface area contributed by atoms with E-state index in [0.717, 1.165) is 28.0 Å². The minimum atomic E-state index is 0.262. The average Bonchev–Trinajstić information content (AvgIpc) is 2.42. The van der Waals surface area contributed by atoms with Crippen molar-refractivity contribution in [1.29, 1.82) is 0 Å². The molecule has 1 atom stereocenters. The Labute approximate surface area is 127 Å². The Balaban J connectivity index is 2.21. The Morgan fingerprint density at radius 1 is 1.26 bits per heavy atom. The van der Waals surface area contributed by atoms with Crippen LogP contribution in [-0.4, -0.2) is 11.5 Å². The highest BCUT2D eigenvalue weighted by Gasteiger charge is 2.12. The van der Waals surface area contributed by atoms with Crippen LogP contribution in [0.5, 0.6) is 0 Å². The van der Waals surface area contributed by atoms with E-state index in [9.17, 15) is 0 Å². The predicted octanol–water partition coefficient (Wildman–Crippen LogP) is 4.39. The second kappa shape index (κ2) is 7.04. The fourth-order valence-electron chi connectivity index (χ4n) is 2.04. The van der Waals surface area contributed by atoms with E-state index in [1.54, 1.807) is 12.4 Å². The number of halogens is 2. The molecule has 0 amide bonds. The molecule has 0 radical (unpaired) electrons. The standard InChI is InChI=1S/C15H16BrClN2/c1-2-19-15(11-3-5-13(16)6-4-11)9-12-7-8-18-10-14(12)17/h3-8,10,15,19H,2,9H2,1H3. The molecule has 0 aliphatic heterocycles. The zero-order valence-corrected chi connectivity index (χ0v) is 13.1. The van der Waals surface area contributed by atoms with Crippen LogP contribution in [-0.2, 0) is 6.42 Å². The van der Waals surface area contributed by atoms with Crippen LogP contribution in [0, 0.1) is 0 Å². The lowest BCUT2D eigenvalue weighted by atomic mass is 9.99. The van der Waals surface area contributed by atoms with Gasteiger partial charge >= 0.3 is 0 Å². The number of hydrogen-bond acceptors (Lipinski definition) is 2. The first-order chi connectivity index (χ1) is 9.20. The summed E-state index contributed by atoms with van der Waals surface area (Å²) in [7, 11) is 0. The van der Waals surface area contributed by atoms with Crippen molar-refractivity contribution < 1.29 is 0 Å². The van der Waals surface area contributed by atoms with Gasteiger partial charge in [-0.3, -0.25) is 4.98 Å². The molecule has 1 aromatic carbocycles. The van der Waals surface area contributed by atoms with Crippen molar-refractivity contribution in [3.05, 3.63) is 63.3 Å². The monoisotopic (exact) mass is 338 g/mol. The van der Waals surface area contributed by atoms with E-state index in [0.29, 0.717) is 0 Å². The molecule has 1 unspecified atom stereocenters. The molecule has 0 saturated carbocycles. The van der Waals surface area contributed by atoms with Gasteiger partial charge in [0.25, 0.3) is 0 Å². The van der Waals surface area contributed by atoms with Gasteiger partial charge in [0.2, 0.25) is 0 Å². The first kappa shape index (κ1) is 14.5. The smallest absolute Gasteiger partial charge is 0.0622 e. The van der Waals surface area contributed by atoms with Crippen molar-refractivity contribution in [1.82, 2.24) is 10.3 Å². The van der Waals surface area contributed by atoms with Gasteiger partial charge in [0.15, 0.2) is 0 Å². The van der Waals surface area contributed by atoms with Crippen LogP contribution in [0.15, 0.2) is 47.2 Å². The quantitative estimate of drug-likeness (QED) is 0.874. The van der Waals surface area contributed by atoms with Crippen molar-refractivity contribution in [2.24, 2.45) is 0 Å². The summed E-state index contributed by atoms with van der Waals surface area (Å²) >= 11 is 9.65. The molecule has 1 N–H and O–H groups in total. The lowest BCUT2D eigenvalue weighted by Crippen LogP contribution is -2.23. The van der Waals surface area contributed by atoms with Gasteiger partial charge in [-0.1, -0.05) is 46.6 Å². The van der Waals surface area contributed by atoms with Crippen LogP contribution >= 0.6 is 27.5 Å². The Kier molecular flexibility index (Phi) is 5.37. The van der Waals surface area contributed by atoms with E-state index >= 15 is 0 Å². The van der Waals surface area contributed by atoms with Crippen LogP contribution in [0.25, 0.3) is 0 Å². The number of nitrogens with zero attached hydrogens (tertiary/aromatic N) is 1. The predicted molar refractivity (Wildman–Crippen MR) is 83.5 cm³/mol. The maximum Gasteiger partial charge on any atom is 0.0622 e. The summed E-state index contributed by atoms with van der Waals surface area (Å²) in [5.41, 5.74) is 2.38. The van der Waals surface area contributed by atoms with Crippen molar-refractivity contribution in [2.45, 2.75) is 19.4 Å². The first-order valence-corrected chi connectivity index (χ1v) is 7.45. The van der Waals surface area contributed by atoms with E-state index in [1.807, 2.05) is 6.07 Å². The minimum Gasteiger partial charge on any atom is -0.310 e. The van der Waals surface area contributed by atoms with E-state index in [-0.39, 0.29) is 6.04 Å². The number of aromatic nitrogens is 1. The Bertz CT molecular complexity index is 528. The van der Waals surface area contributed by atoms with Gasteiger partial charge in [-0.05, 0) is 42.3 Å². The van der Waals surface area contributed by atoms with Crippen LogP contribution in [0.3, 0.4) is 0 Å². The molecule has 0 aliphatic rings. The molecule has 0 fully saturated rings. The molecule has 4 heteroatoms. The summed E-state index contributed by atoms with van der Waals surface area (Å²) in [6.07, 6.45) is 4.34. The van der Waals surface area contributed by atoms with E-state index < -0.39 is 0 Å². The summed E-state index contributed by atoms with van der Waals surface area (Å²) in [6.45, 7) is 3.03. The summed E-state index contributed by atoms with van der Waals surface area (Å²) in [5, 5.41) is 4.22. The fraction of sp³-hybridized carbons (Fsp3) is 0.267. The van der Waals surface area contributed by atoms with Crippen molar-refractivity contribution in [2.75, 3.05) is 6.54 Å². The first-order valence-electron chi connectivity index (χ1n) is 6.28. The topological polar surface area (TPSA) is 24.9 Å². The molecule has 2 rings (SSSR count). The highest BCUT2D eigenvalue weighted by molar-refractivity contribution is 9.10. The molecule has 0 spiro atoms. The van der Waals surface area contributed by atoms with E-state index in [2.05, 4.69) is 57.4 Å². The number of benzene rings is 1. The maximum atomic E-state index is 6.18. The molecule has 19 heavy (non-hydrogen) atoms. The van der Waals surface area contributed by atoms with Crippen LogP contribution < -0.4 is 5.32 Å². The normalized spacial score (nSPS) is 12.4. The summed E-state index contributed by atoms with van der Waals surface area (Å²) in [6, 6.07) is 10.6. The fourth-order valence-corrected chi connectivity index (χ4v) is 2.50. The van der Waals surface area contributed by atoms with Gasteiger partial charge in [-0.2, -0.15) is 0 Å². The average molecular weight is 340 g/mol. The molecule has 2 nitrogen and oxygen atoms in total. The molecule has 1 aromatic heterocycles. The van der Waals surface area contributed by atoms with Crippen molar-refractivity contribution in [3.8, 4) is 0 Å². The minimum absolute atomic E-state index is 0.262. The van der Waals surface area contributed by atoms with Gasteiger partial charge in [0.1, 0.15) is 0 Å². The van der Waals surface area contributed by atoms with E-state index in [1.165, 1.54) is 5.56 Å². The molecule has 0 bridgehead atoms. The number of rotatable bonds is 5. The second-order valence-corrected chi connectivity index (χ2v) is 5.66. The molecule has 1 heterocycles. The van der Waals surface area contributed by atoms with E-state index in [4.69, 9.17) is 11.6 Å². The summed E-state index contributed by atoms with van der Waals surface area (Å²) in [4.78, 5) is 4.02. The summed E-state index contributed by atoms with van der Waals surface area (Å²) < 4.78 is 1.09. The van der Waals surface area contributed by atoms with Crippen LogP contribution in [0.1, 0.15) is 24.1 Å². The molecule has 0 aliphatic carbocycles. The third-order valence-electron chi connectivity index (χ3n) is 3.00. The van der Waals surface area contributed by atoms with Gasteiger partial charge in [0, 0.05) is 22.9 Å². The Hall–Kier alpha value is -0.900. The molecule has 100 valence electrons. The van der Waals surface area contributed by atoms with Crippen molar-refractivity contribution >= 4 is 27.5 Å². The Morgan fingerprint density at radius 2 is 2.00 bits per heavy atom. The van der Waals surface area contributed by atoms with Gasteiger partial charge in [0.05, 0.1) is 5.02 Å².